The fourth-order valence-electron chi connectivity index (χ4n) is 1.74. The molecule has 2 aromatic rings. The number of nitrogens with zero attached hydrogens (tertiary/aromatic N) is 2. The molecule has 2 N–H and O–H groups in total. The summed E-state index contributed by atoms with van der Waals surface area (Å²) in [4.78, 5) is 3.97. The lowest BCUT2D eigenvalue weighted by Crippen LogP contribution is -2.00. The lowest BCUT2D eigenvalue weighted by molar-refractivity contribution is 0.311. The number of aromatic nitrogens is 1. The maximum atomic E-state index is 8.87. The first-order valence-corrected chi connectivity index (χ1v) is 6.11. The molecule has 0 aliphatic heterocycles. The molecule has 1 aromatic heterocycles. The summed E-state index contributed by atoms with van der Waals surface area (Å²) in [6, 6.07) is 11.2. The number of nitrogen functional groups attached to an aromatic ring is 1. The highest BCUT2D eigenvalue weighted by Gasteiger charge is 2.01. The molecule has 96 valence electrons. The smallest absolute Gasteiger partial charge is 0.120 e. The summed E-state index contributed by atoms with van der Waals surface area (Å²) in [5.41, 5.74) is 7.82. The number of hydrogen-bond donors (Lipinski definition) is 1. The number of nitriles is 1. The number of hydrogen-bond acceptors (Lipinski definition) is 4. The first-order chi connectivity index (χ1) is 9.29. The quantitative estimate of drug-likeness (QED) is 0.656. The molecule has 4 nitrogen and oxygen atoms in total. The molecule has 0 atom stereocenters. The van der Waals surface area contributed by atoms with Gasteiger partial charge in [-0.3, -0.25) is 4.98 Å². The van der Waals surface area contributed by atoms with Crippen molar-refractivity contribution in [2.75, 3.05) is 12.3 Å². The number of pyridine rings is 1. The summed E-state index contributed by atoms with van der Waals surface area (Å²) >= 11 is 0. The lowest BCUT2D eigenvalue weighted by atomic mass is 10.1. The van der Waals surface area contributed by atoms with E-state index < -0.39 is 0 Å². The van der Waals surface area contributed by atoms with Gasteiger partial charge in [-0.2, -0.15) is 5.26 Å². The Hall–Kier alpha value is -2.54. The van der Waals surface area contributed by atoms with E-state index in [4.69, 9.17) is 15.7 Å². The minimum Gasteiger partial charge on any atom is -0.494 e. The van der Waals surface area contributed by atoms with E-state index in [2.05, 4.69) is 4.98 Å². The third-order valence-electron chi connectivity index (χ3n) is 2.77. The van der Waals surface area contributed by atoms with Crippen molar-refractivity contribution in [1.29, 1.82) is 5.26 Å². The van der Waals surface area contributed by atoms with Crippen LogP contribution in [0.3, 0.4) is 0 Å². The van der Waals surface area contributed by atoms with Gasteiger partial charge in [0.2, 0.25) is 0 Å². The van der Waals surface area contributed by atoms with Crippen LogP contribution in [0.4, 0.5) is 5.69 Å². The lowest BCUT2D eigenvalue weighted by Gasteiger charge is -2.07. The minimum atomic E-state index is 0.451. The normalized spacial score (nSPS) is 9.84. The third-order valence-corrected chi connectivity index (χ3v) is 2.77. The van der Waals surface area contributed by atoms with Crippen LogP contribution in [0.5, 0.6) is 5.75 Å². The molecule has 0 saturated carbocycles. The van der Waals surface area contributed by atoms with Crippen LogP contribution in [0.25, 0.3) is 0 Å². The number of anilines is 1. The first kappa shape index (κ1) is 12.9. The van der Waals surface area contributed by atoms with Gasteiger partial charge in [-0.05, 0) is 48.7 Å². The summed E-state index contributed by atoms with van der Waals surface area (Å²) in [7, 11) is 0. The predicted molar refractivity (Wildman–Crippen MR) is 73.6 cm³/mol. The molecule has 19 heavy (non-hydrogen) atoms. The zero-order chi connectivity index (χ0) is 13.5. The zero-order valence-electron chi connectivity index (χ0n) is 10.5. The maximum absolute atomic E-state index is 8.87. The van der Waals surface area contributed by atoms with Crippen molar-refractivity contribution in [3.05, 3.63) is 53.9 Å². The highest BCUT2D eigenvalue weighted by molar-refractivity contribution is 5.56. The molecule has 1 aromatic carbocycles. The number of nitrogens with two attached hydrogens (primary N) is 1. The van der Waals surface area contributed by atoms with Gasteiger partial charge in [-0.25, -0.2) is 0 Å². The largest absolute Gasteiger partial charge is 0.494 e. The molecule has 4 heteroatoms. The second kappa shape index (κ2) is 6.41. The SMILES string of the molecule is N#Cc1cc(OCCCc2ccncc2)ccc1N. The average molecular weight is 253 g/mol. The van der Waals surface area contributed by atoms with E-state index in [-0.39, 0.29) is 0 Å². The topological polar surface area (TPSA) is 71.9 Å². The average Bonchev–Trinajstić information content (AvgIpc) is 2.46. The van der Waals surface area contributed by atoms with E-state index in [9.17, 15) is 0 Å². The van der Waals surface area contributed by atoms with Gasteiger partial charge in [0.15, 0.2) is 0 Å². The Bertz CT molecular complexity index is 576. The van der Waals surface area contributed by atoms with E-state index in [1.165, 1.54) is 5.56 Å². The molecule has 0 unspecified atom stereocenters. The van der Waals surface area contributed by atoms with Crippen molar-refractivity contribution in [2.24, 2.45) is 0 Å². The fraction of sp³-hybridized carbons (Fsp3) is 0.200. The molecular weight excluding hydrogens is 238 g/mol. The molecule has 0 bridgehead atoms. The van der Waals surface area contributed by atoms with Crippen molar-refractivity contribution in [3.63, 3.8) is 0 Å². The van der Waals surface area contributed by atoms with Crippen molar-refractivity contribution in [2.45, 2.75) is 12.8 Å². The Morgan fingerprint density at radius 1 is 1.21 bits per heavy atom. The highest BCUT2D eigenvalue weighted by atomic mass is 16.5. The molecule has 0 aliphatic carbocycles. The second-order valence-corrected chi connectivity index (χ2v) is 4.17. The molecule has 2 rings (SSSR count). The monoisotopic (exact) mass is 253 g/mol. The molecule has 0 saturated heterocycles. The van der Waals surface area contributed by atoms with Crippen LogP contribution in [-0.2, 0) is 6.42 Å². The van der Waals surface area contributed by atoms with Gasteiger partial charge in [0.05, 0.1) is 12.2 Å². The first-order valence-electron chi connectivity index (χ1n) is 6.11. The molecule has 0 amide bonds. The highest BCUT2D eigenvalue weighted by Crippen LogP contribution is 2.19. The van der Waals surface area contributed by atoms with Gasteiger partial charge < -0.3 is 10.5 Å². The van der Waals surface area contributed by atoms with Crippen LogP contribution in [0, 0.1) is 11.3 Å². The Balaban J connectivity index is 1.82. The third kappa shape index (κ3) is 3.71. The summed E-state index contributed by atoms with van der Waals surface area (Å²) in [5, 5.41) is 8.87. The zero-order valence-corrected chi connectivity index (χ0v) is 10.5. The molecule has 0 radical (unpaired) electrons. The minimum absolute atomic E-state index is 0.451. The van der Waals surface area contributed by atoms with Gasteiger partial charge in [0.1, 0.15) is 11.8 Å². The van der Waals surface area contributed by atoms with Gasteiger partial charge in [-0.15, -0.1) is 0 Å². The molecule has 1 heterocycles. The number of rotatable bonds is 5. The number of ether oxygens (including phenoxy) is 1. The summed E-state index contributed by atoms with van der Waals surface area (Å²) in [6.45, 7) is 0.608. The fourth-order valence-corrected chi connectivity index (χ4v) is 1.74. The molecule has 0 fully saturated rings. The van der Waals surface area contributed by atoms with Crippen molar-refractivity contribution in [1.82, 2.24) is 4.98 Å². The summed E-state index contributed by atoms with van der Waals surface area (Å²) in [5.74, 6) is 0.681. The maximum Gasteiger partial charge on any atom is 0.120 e. The van der Waals surface area contributed by atoms with Crippen molar-refractivity contribution >= 4 is 5.69 Å². The van der Waals surface area contributed by atoms with E-state index in [1.54, 1.807) is 30.6 Å². The van der Waals surface area contributed by atoms with Crippen LogP contribution in [0.1, 0.15) is 17.5 Å². The van der Waals surface area contributed by atoms with Crippen LogP contribution < -0.4 is 10.5 Å². The van der Waals surface area contributed by atoms with Gasteiger partial charge >= 0.3 is 0 Å². The predicted octanol–water partition coefficient (Wildman–Crippen LogP) is 2.55. The molecule has 0 spiro atoms. The Morgan fingerprint density at radius 3 is 2.74 bits per heavy atom. The Labute approximate surface area is 112 Å². The van der Waals surface area contributed by atoms with Crippen LogP contribution in [0.2, 0.25) is 0 Å². The number of aryl methyl sites for hydroxylation is 1. The van der Waals surface area contributed by atoms with Gasteiger partial charge in [0.25, 0.3) is 0 Å². The van der Waals surface area contributed by atoms with Crippen molar-refractivity contribution in [3.8, 4) is 11.8 Å². The van der Waals surface area contributed by atoms with Crippen LogP contribution in [-0.4, -0.2) is 11.6 Å². The van der Waals surface area contributed by atoms with Gasteiger partial charge in [-0.1, -0.05) is 0 Å². The van der Waals surface area contributed by atoms with Gasteiger partial charge in [0, 0.05) is 18.1 Å². The van der Waals surface area contributed by atoms with Crippen LogP contribution in [0.15, 0.2) is 42.7 Å². The Kier molecular flexibility index (Phi) is 4.35. The summed E-state index contributed by atoms with van der Waals surface area (Å²) in [6.07, 6.45) is 5.43. The molecule has 0 aliphatic rings. The molecular formula is C15H15N3O. The standard InChI is InChI=1S/C15H15N3O/c16-11-13-10-14(3-4-15(13)17)19-9-1-2-12-5-7-18-8-6-12/h3-8,10H,1-2,9,17H2. The van der Waals surface area contributed by atoms with Crippen LogP contribution >= 0.6 is 0 Å². The van der Waals surface area contributed by atoms with E-state index >= 15 is 0 Å². The Morgan fingerprint density at radius 2 is 2.00 bits per heavy atom. The second-order valence-electron chi connectivity index (χ2n) is 4.17. The van der Waals surface area contributed by atoms with E-state index in [0.717, 1.165) is 12.8 Å². The van der Waals surface area contributed by atoms with Crippen molar-refractivity contribution < 1.29 is 4.74 Å². The van der Waals surface area contributed by atoms with E-state index in [0.29, 0.717) is 23.6 Å². The number of benzene rings is 1. The summed E-state index contributed by atoms with van der Waals surface area (Å²) < 4.78 is 5.60. The van der Waals surface area contributed by atoms with E-state index in [1.807, 2.05) is 18.2 Å².